The molecular weight excluding hydrogens is 516 g/mol. The van der Waals surface area contributed by atoms with Crippen molar-refractivity contribution in [2.45, 2.75) is 19.0 Å². The summed E-state index contributed by atoms with van der Waals surface area (Å²) in [5.41, 5.74) is 0.420. The summed E-state index contributed by atoms with van der Waals surface area (Å²) in [5, 5.41) is 3.59. The minimum absolute atomic E-state index is 0.0820. The lowest BCUT2D eigenvalue weighted by Crippen LogP contribution is -2.52. The van der Waals surface area contributed by atoms with Crippen LogP contribution in [0.3, 0.4) is 0 Å². The van der Waals surface area contributed by atoms with E-state index in [-0.39, 0.29) is 24.3 Å². The van der Waals surface area contributed by atoms with Crippen LogP contribution in [-0.2, 0) is 15.8 Å². The fraction of sp³-hybridized carbons (Fsp3) is 0.440. The van der Waals surface area contributed by atoms with Gasteiger partial charge in [-0.05, 0) is 62.3 Å². The number of piperidine rings is 1. The number of benzene rings is 2. The molecule has 2 fully saturated rings. The third kappa shape index (κ3) is 6.63. The SMILES string of the molecule is O=C(CN1CCC(C(=O)N2CCN(c3cccc(C(F)(F)F)c3)CC2)CC1)Nc1ccc(Cl)c(Cl)c1. The summed E-state index contributed by atoms with van der Waals surface area (Å²) in [5.74, 6) is -0.193. The first-order valence-corrected chi connectivity index (χ1v) is 12.5. The molecule has 0 radical (unpaired) electrons. The number of carbonyl (C=O) groups excluding carboxylic acids is 2. The van der Waals surface area contributed by atoms with Gasteiger partial charge in [-0.25, -0.2) is 0 Å². The van der Waals surface area contributed by atoms with E-state index in [0.29, 0.717) is 73.5 Å². The number of anilines is 2. The van der Waals surface area contributed by atoms with Crippen molar-refractivity contribution in [1.29, 1.82) is 0 Å². The van der Waals surface area contributed by atoms with Crippen LogP contribution < -0.4 is 10.2 Å². The van der Waals surface area contributed by atoms with E-state index in [1.807, 2.05) is 9.80 Å². The number of nitrogens with one attached hydrogen (secondary N) is 1. The normalized spacial score (nSPS) is 17.8. The Balaban J connectivity index is 1.22. The third-order valence-corrected chi connectivity index (χ3v) is 7.38. The molecule has 0 saturated carbocycles. The first-order valence-electron chi connectivity index (χ1n) is 11.8. The Bertz CT molecular complexity index is 1100. The van der Waals surface area contributed by atoms with Crippen molar-refractivity contribution in [2.75, 3.05) is 56.0 Å². The van der Waals surface area contributed by atoms with Gasteiger partial charge in [0, 0.05) is 43.5 Å². The Hall–Kier alpha value is -2.49. The maximum Gasteiger partial charge on any atom is 0.416 e. The third-order valence-electron chi connectivity index (χ3n) is 6.64. The number of hydrogen-bond donors (Lipinski definition) is 1. The number of alkyl halides is 3. The van der Waals surface area contributed by atoms with Crippen LogP contribution in [-0.4, -0.2) is 67.4 Å². The molecule has 2 aliphatic heterocycles. The highest BCUT2D eigenvalue weighted by atomic mass is 35.5. The standard InChI is InChI=1S/C25H27Cl2F3N4O2/c26-21-5-4-19(15-22(21)27)31-23(35)16-32-8-6-17(7-9-32)24(36)34-12-10-33(11-13-34)20-3-1-2-18(14-20)25(28,29)30/h1-5,14-15,17H,6-13,16H2,(H,31,35). The summed E-state index contributed by atoms with van der Waals surface area (Å²) >= 11 is 11.9. The minimum Gasteiger partial charge on any atom is -0.368 e. The zero-order chi connectivity index (χ0) is 25.9. The number of halogens is 5. The predicted octanol–water partition coefficient (Wildman–Crippen LogP) is 5.01. The number of carbonyl (C=O) groups is 2. The average Bonchev–Trinajstić information content (AvgIpc) is 2.86. The molecule has 1 N–H and O–H groups in total. The number of likely N-dealkylation sites (tertiary alicyclic amines) is 1. The fourth-order valence-corrected chi connectivity index (χ4v) is 4.94. The highest BCUT2D eigenvalue weighted by molar-refractivity contribution is 6.42. The molecule has 0 aromatic heterocycles. The molecule has 2 heterocycles. The van der Waals surface area contributed by atoms with Gasteiger partial charge < -0.3 is 15.1 Å². The lowest BCUT2D eigenvalue weighted by atomic mass is 9.95. The number of nitrogens with zero attached hydrogens (tertiary/aromatic N) is 3. The summed E-state index contributed by atoms with van der Waals surface area (Å²) in [4.78, 5) is 31.1. The second kappa shape index (κ2) is 11.3. The van der Waals surface area contributed by atoms with Gasteiger partial charge in [0.05, 0.1) is 22.2 Å². The van der Waals surface area contributed by atoms with Gasteiger partial charge >= 0.3 is 6.18 Å². The van der Waals surface area contributed by atoms with Crippen LogP contribution in [0, 0.1) is 5.92 Å². The van der Waals surface area contributed by atoms with Gasteiger partial charge in [-0.15, -0.1) is 0 Å². The Kier molecular flexibility index (Phi) is 8.32. The molecule has 2 amide bonds. The molecule has 4 rings (SSSR count). The molecule has 2 aromatic carbocycles. The molecule has 11 heteroatoms. The van der Waals surface area contributed by atoms with E-state index in [0.717, 1.165) is 12.1 Å². The summed E-state index contributed by atoms with van der Waals surface area (Å²) in [6.45, 7) is 3.41. The molecule has 2 saturated heterocycles. The van der Waals surface area contributed by atoms with E-state index in [4.69, 9.17) is 23.2 Å². The highest BCUT2D eigenvalue weighted by Gasteiger charge is 2.33. The molecule has 0 atom stereocenters. The largest absolute Gasteiger partial charge is 0.416 e. The Morgan fingerprint density at radius 3 is 2.25 bits per heavy atom. The van der Waals surface area contributed by atoms with Crippen LogP contribution in [0.4, 0.5) is 24.5 Å². The van der Waals surface area contributed by atoms with Crippen LogP contribution in [0.2, 0.25) is 10.0 Å². The van der Waals surface area contributed by atoms with E-state index in [1.54, 1.807) is 29.2 Å². The lowest BCUT2D eigenvalue weighted by molar-refractivity contribution is -0.138. The Morgan fingerprint density at radius 1 is 0.917 bits per heavy atom. The molecule has 0 bridgehead atoms. The van der Waals surface area contributed by atoms with Gasteiger partial charge in [0.15, 0.2) is 0 Å². The predicted molar refractivity (Wildman–Crippen MR) is 134 cm³/mol. The molecule has 36 heavy (non-hydrogen) atoms. The van der Waals surface area contributed by atoms with Crippen molar-refractivity contribution in [3.8, 4) is 0 Å². The molecule has 0 unspecified atom stereocenters. The van der Waals surface area contributed by atoms with Crippen molar-refractivity contribution in [3.05, 3.63) is 58.1 Å². The average molecular weight is 543 g/mol. The van der Waals surface area contributed by atoms with Gasteiger partial charge in [0.25, 0.3) is 0 Å². The van der Waals surface area contributed by atoms with Crippen LogP contribution in [0.25, 0.3) is 0 Å². The van der Waals surface area contributed by atoms with Crippen molar-refractivity contribution in [3.63, 3.8) is 0 Å². The maximum atomic E-state index is 13.0. The van der Waals surface area contributed by atoms with Crippen molar-refractivity contribution in [2.24, 2.45) is 5.92 Å². The van der Waals surface area contributed by atoms with Gasteiger partial charge in [0.1, 0.15) is 0 Å². The van der Waals surface area contributed by atoms with Crippen molar-refractivity contribution >= 4 is 46.4 Å². The van der Waals surface area contributed by atoms with Crippen molar-refractivity contribution in [1.82, 2.24) is 9.80 Å². The first kappa shape index (κ1) is 26.6. The monoisotopic (exact) mass is 542 g/mol. The number of piperazine rings is 1. The summed E-state index contributed by atoms with van der Waals surface area (Å²) in [6, 6.07) is 10.2. The maximum absolute atomic E-state index is 13.0. The summed E-state index contributed by atoms with van der Waals surface area (Å²) < 4.78 is 39.1. The molecular formula is C25H27Cl2F3N4O2. The fourth-order valence-electron chi connectivity index (χ4n) is 4.64. The lowest BCUT2D eigenvalue weighted by Gasteiger charge is -2.39. The minimum atomic E-state index is -4.38. The van der Waals surface area contributed by atoms with E-state index >= 15 is 0 Å². The molecule has 2 aromatic rings. The van der Waals surface area contributed by atoms with Crippen LogP contribution >= 0.6 is 23.2 Å². The van der Waals surface area contributed by atoms with Crippen molar-refractivity contribution < 1.29 is 22.8 Å². The highest BCUT2D eigenvalue weighted by Crippen LogP contribution is 2.32. The van der Waals surface area contributed by atoms with Crippen LogP contribution in [0.15, 0.2) is 42.5 Å². The Labute approximate surface area is 217 Å². The van der Waals surface area contributed by atoms with Gasteiger partial charge in [-0.3, -0.25) is 14.5 Å². The first-order chi connectivity index (χ1) is 17.1. The van der Waals surface area contributed by atoms with E-state index in [2.05, 4.69) is 5.32 Å². The zero-order valence-electron chi connectivity index (χ0n) is 19.5. The number of rotatable bonds is 5. The topological polar surface area (TPSA) is 55.9 Å². The molecule has 0 aliphatic carbocycles. The van der Waals surface area contributed by atoms with Gasteiger partial charge in [-0.1, -0.05) is 29.3 Å². The van der Waals surface area contributed by atoms with E-state index in [1.165, 1.54) is 6.07 Å². The van der Waals surface area contributed by atoms with Gasteiger partial charge in [-0.2, -0.15) is 13.2 Å². The smallest absolute Gasteiger partial charge is 0.368 e. The number of amides is 2. The second-order valence-electron chi connectivity index (χ2n) is 9.09. The number of hydrogen-bond acceptors (Lipinski definition) is 4. The van der Waals surface area contributed by atoms with Gasteiger partial charge in [0.2, 0.25) is 11.8 Å². The van der Waals surface area contributed by atoms with Crippen LogP contribution in [0.5, 0.6) is 0 Å². The summed E-state index contributed by atoms with van der Waals surface area (Å²) in [7, 11) is 0. The molecule has 6 nitrogen and oxygen atoms in total. The molecule has 194 valence electrons. The van der Waals surface area contributed by atoms with E-state index in [9.17, 15) is 22.8 Å². The van der Waals surface area contributed by atoms with E-state index < -0.39 is 11.7 Å². The zero-order valence-corrected chi connectivity index (χ0v) is 21.0. The molecule has 0 spiro atoms. The Morgan fingerprint density at radius 2 is 1.61 bits per heavy atom. The second-order valence-corrected chi connectivity index (χ2v) is 9.90. The van der Waals surface area contributed by atoms with Crippen LogP contribution in [0.1, 0.15) is 18.4 Å². The quantitative estimate of drug-likeness (QED) is 0.576. The summed E-state index contributed by atoms with van der Waals surface area (Å²) in [6.07, 6.45) is -3.06. The molecule has 2 aliphatic rings.